The Bertz CT molecular complexity index is 315. The van der Waals surface area contributed by atoms with Crippen LogP contribution in [0.5, 0.6) is 0 Å². The van der Waals surface area contributed by atoms with E-state index in [-0.39, 0.29) is 0 Å². The van der Waals surface area contributed by atoms with Crippen LogP contribution >= 0.6 is 0 Å². The number of nitrogens with zero attached hydrogens (tertiary/aromatic N) is 3. The summed E-state index contributed by atoms with van der Waals surface area (Å²) in [6.45, 7) is 7.35. The van der Waals surface area contributed by atoms with E-state index < -0.39 is 0 Å². The Labute approximate surface area is 71.9 Å². The van der Waals surface area contributed by atoms with Gasteiger partial charge in [-0.3, -0.25) is 4.98 Å². The maximum absolute atomic E-state index is 4.16. The molecule has 0 amide bonds. The third-order valence-corrected chi connectivity index (χ3v) is 1.64. The zero-order chi connectivity index (χ0) is 8.97. The molecule has 0 atom stereocenters. The van der Waals surface area contributed by atoms with Gasteiger partial charge in [0.15, 0.2) is 5.82 Å². The molecule has 0 unspecified atom stereocenters. The van der Waals surface area contributed by atoms with Gasteiger partial charge in [0.25, 0.3) is 0 Å². The minimum Gasteiger partial charge on any atom is -0.251 e. The molecule has 0 N–H and O–H groups in total. The fraction of sp³-hybridized carbons (Fsp3) is 0.222. The molecule has 0 aliphatic carbocycles. The lowest BCUT2D eigenvalue weighted by Gasteiger charge is -2.01. The summed E-state index contributed by atoms with van der Waals surface area (Å²) in [6.07, 6.45) is 5.23. The van der Waals surface area contributed by atoms with Gasteiger partial charge in [-0.25, -0.2) is 9.98 Å². The predicted molar refractivity (Wildman–Crippen MR) is 50.6 cm³/mol. The van der Waals surface area contributed by atoms with Gasteiger partial charge in [-0.05, 0) is 26.1 Å². The second kappa shape index (κ2) is 3.76. The molecule has 0 radical (unpaired) electrons. The molecule has 62 valence electrons. The lowest BCUT2D eigenvalue weighted by molar-refractivity contribution is 1.15. The van der Waals surface area contributed by atoms with E-state index in [0.29, 0.717) is 5.82 Å². The number of rotatable bonds is 2. The van der Waals surface area contributed by atoms with Crippen molar-refractivity contribution in [1.29, 1.82) is 0 Å². The Morgan fingerprint density at radius 3 is 2.75 bits per heavy atom. The first-order valence-electron chi connectivity index (χ1n) is 3.70. The number of hydrogen-bond acceptors (Lipinski definition) is 3. The first kappa shape index (κ1) is 8.59. The first-order chi connectivity index (χ1) is 5.79. The number of hydrogen-bond donors (Lipinski definition) is 0. The molecule has 0 aliphatic rings. The van der Waals surface area contributed by atoms with E-state index in [2.05, 4.69) is 21.7 Å². The minimum atomic E-state index is 0.591. The SMILES string of the molecule is C=Nc1nccnc1/C(C)=C\C. The van der Waals surface area contributed by atoms with Crippen molar-refractivity contribution in [2.45, 2.75) is 13.8 Å². The van der Waals surface area contributed by atoms with Crippen molar-refractivity contribution in [1.82, 2.24) is 9.97 Å². The average molecular weight is 161 g/mol. The standard InChI is InChI=1S/C9H11N3/c1-4-7(2)8-9(10-3)12-6-5-11-8/h4-6H,3H2,1-2H3/b7-4-. The molecule has 0 bridgehead atoms. The minimum absolute atomic E-state index is 0.591. The lowest BCUT2D eigenvalue weighted by Crippen LogP contribution is -1.88. The van der Waals surface area contributed by atoms with Crippen LogP contribution in [0.25, 0.3) is 5.57 Å². The van der Waals surface area contributed by atoms with Gasteiger partial charge in [-0.15, -0.1) is 0 Å². The van der Waals surface area contributed by atoms with E-state index >= 15 is 0 Å². The molecular weight excluding hydrogens is 150 g/mol. The van der Waals surface area contributed by atoms with Gasteiger partial charge in [-0.1, -0.05) is 6.08 Å². The fourth-order valence-electron chi connectivity index (χ4n) is 0.861. The van der Waals surface area contributed by atoms with E-state index in [1.54, 1.807) is 12.4 Å². The van der Waals surface area contributed by atoms with Crippen LogP contribution in [-0.2, 0) is 0 Å². The lowest BCUT2D eigenvalue weighted by atomic mass is 10.2. The van der Waals surface area contributed by atoms with Crippen LogP contribution in [-0.4, -0.2) is 16.7 Å². The first-order valence-corrected chi connectivity index (χ1v) is 3.70. The molecule has 3 heteroatoms. The Morgan fingerprint density at radius 2 is 2.17 bits per heavy atom. The van der Waals surface area contributed by atoms with Crippen LogP contribution in [0.3, 0.4) is 0 Å². The molecule has 0 saturated heterocycles. The third-order valence-electron chi connectivity index (χ3n) is 1.64. The summed E-state index contributed by atoms with van der Waals surface area (Å²) >= 11 is 0. The van der Waals surface area contributed by atoms with Crippen molar-refractivity contribution in [3.8, 4) is 0 Å². The molecule has 12 heavy (non-hydrogen) atoms. The highest BCUT2D eigenvalue weighted by atomic mass is 14.9. The van der Waals surface area contributed by atoms with Crippen molar-refractivity contribution in [3.63, 3.8) is 0 Å². The van der Waals surface area contributed by atoms with Crippen LogP contribution in [0.2, 0.25) is 0 Å². The molecule has 1 aromatic heterocycles. The largest absolute Gasteiger partial charge is 0.251 e. The highest BCUT2D eigenvalue weighted by Gasteiger charge is 2.02. The van der Waals surface area contributed by atoms with Crippen LogP contribution in [0.1, 0.15) is 19.5 Å². The number of aromatic nitrogens is 2. The smallest absolute Gasteiger partial charge is 0.177 e. The van der Waals surface area contributed by atoms with Crippen molar-refractivity contribution in [3.05, 3.63) is 24.2 Å². The summed E-state index contributed by atoms with van der Waals surface area (Å²) < 4.78 is 0. The molecule has 0 fully saturated rings. The summed E-state index contributed by atoms with van der Waals surface area (Å²) in [6, 6.07) is 0. The van der Waals surface area contributed by atoms with Gasteiger partial charge in [0.2, 0.25) is 0 Å². The molecular formula is C9H11N3. The van der Waals surface area contributed by atoms with Crippen LogP contribution < -0.4 is 0 Å². The molecule has 1 aromatic rings. The van der Waals surface area contributed by atoms with Gasteiger partial charge < -0.3 is 0 Å². The van der Waals surface area contributed by atoms with Gasteiger partial charge in [0.05, 0.1) is 0 Å². The fourth-order valence-corrected chi connectivity index (χ4v) is 0.861. The topological polar surface area (TPSA) is 38.1 Å². The second-order valence-electron chi connectivity index (χ2n) is 2.36. The Morgan fingerprint density at radius 1 is 1.50 bits per heavy atom. The highest BCUT2D eigenvalue weighted by Crippen LogP contribution is 2.19. The van der Waals surface area contributed by atoms with E-state index in [9.17, 15) is 0 Å². The van der Waals surface area contributed by atoms with Crippen molar-refractivity contribution >= 4 is 18.1 Å². The van der Waals surface area contributed by atoms with E-state index in [0.717, 1.165) is 11.3 Å². The highest BCUT2D eigenvalue weighted by molar-refractivity contribution is 5.68. The van der Waals surface area contributed by atoms with Crippen LogP contribution in [0.4, 0.5) is 5.82 Å². The maximum Gasteiger partial charge on any atom is 0.177 e. The summed E-state index contributed by atoms with van der Waals surface area (Å²) in [5.74, 6) is 0.591. The van der Waals surface area contributed by atoms with Gasteiger partial charge in [-0.2, -0.15) is 0 Å². The van der Waals surface area contributed by atoms with E-state index in [4.69, 9.17) is 0 Å². The Balaban J connectivity index is 3.22. The van der Waals surface area contributed by atoms with Gasteiger partial charge in [0.1, 0.15) is 5.69 Å². The molecule has 3 nitrogen and oxygen atoms in total. The zero-order valence-electron chi connectivity index (χ0n) is 7.28. The Hall–Kier alpha value is -1.51. The second-order valence-corrected chi connectivity index (χ2v) is 2.36. The van der Waals surface area contributed by atoms with E-state index in [1.807, 2.05) is 19.9 Å². The summed E-state index contributed by atoms with van der Waals surface area (Å²) in [4.78, 5) is 12.0. The molecule has 0 spiro atoms. The normalized spacial score (nSPS) is 11.3. The van der Waals surface area contributed by atoms with E-state index in [1.165, 1.54) is 0 Å². The van der Waals surface area contributed by atoms with Gasteiger partial charge in [0, 0.05) is 12.4 Å². The van der Waals surface area contributed by atoms with Crippen molar-refractivity contribution in [2.24, 2.45) is 4.99 Å². The summed E-state index contributed by atoms with van der Waals surface area (Å²) in [5, 5.41) is 0. The monoisotopic (exact) mass is 161 g/mol. The van der Waals surface area contributed by atoms with Gasteiger partial charge >= 0.3 is 0 Å². The Kier molecular flexibility index (Phi) is 2.69. The maximum atomic E-state index is 4.16. The summed E-state index contributed by atoms with van der Waals surface area (Å²) in [7, 11) is 0. The average Bonchev–Trinajstić information content (AvgIpc) is 2.16. The predicted octanol–water partition coefficient (Wildman–Crippen LogP) is 2.23. The molecule has 0 saturated carbocycles. The van der Waals surface area contributed by atoms with Crippen LogP contribution in [0, 0.1) is 0 Å². The third kappa shape index (κ3) is 1.56. The molecule has 0 aromatic carbocycles. The van der Waals surface area contributed by atoms with Crippen LogP contribution in [0.15, 0.2) is 23.5 Å². The number of aliphatic imine (C=N–C) groups is 1. The molecule has 0 aliphatic heterocycles. The zero-order valence-corrected chi connectivity index (χ0v) is 7.28. The summed E-state index contributed by atoms with van der Waals surface area (Å²) in [5.41, 5.74) is 1.86. The van der Waals surface area contributed by atoms with Crippen molar-refractivity contribution in [2.75, 3.05) is 0 Å². The quantitative estimate of drug-likeness (QED) is 0.624. The molecule has 1 rings (SSSR count). The van der Waals surface area contributed by atoms with Crippen molar-refractivity contribution < 1.29 is 0 Å². The number of allylic oxidation sites excluding steroid dienone is 2. The molecule has 1 heterocycles.